The van der Waals surface area contributed by atoms with E-state index in [0.717, 1.165) is 16.7 Å². The van der Waals surface area contributed by atoms with E-state index in [2.05, 4.69) is 20.4 Å². The number of hydrogen-bond acceptors (Lipinski definition) is 5. The Kier molecular flexibility index (Phi) is 2.99. The topological polar surface area (TPSA) is 103 Å². The normalized spacial score (nSPS) is 11.2. The first-order valence-electron chi connectivity index (χ1n) is 7.37. The number of amides is 1. The Morgan fingerprint density at radius 2 is 2.12 bits per heavy atom. The standard InChI is InChI=1S/C16H15N7O/c1-18-15-13-16(22(2)8-19-13)23-12(20-15)7-11(21-23)9-4-3-5-10(6-9)14(17)24/h3-8H,1-2H3,(H2,17,24)(H,18,20). The van der Waals surface area contributed by atoms with Crippen molar-refractivity contribution in [1.82, 2.24) is 24.1 Å². The maximum absolute atomic E-state index is 11.4. The second kappa shape index (κ2) is 5.05. The summed E-state index contributed by atoms with van der Waals surface area (Å²) in [6.07, 6.45) is 1.72. The molecule has 3 N–H and O–H groups in total. The molecule has 0 aliphatic carbocycles. The van der Waals surface area contributed by atoms with Gasteiger partial charge in [-0.2, -0.15) is 9.61 Å². The van der Waals surface area contributed by atoms with Crippen molar-refractivity contribution >= 4 is 28.5 Å². The number of rotatable bonds is 3. The molecule has 4 aromatic rings. The largest absolute Gasteiger partial charge is 0.371 e. The molecule has 1 aromatic carbocycles. The number of hydrogen-bond donors (Lipinski definition) is 2. The Morgan fingerprint density at radius 3 is 2.88 bits per heavy atom. The van der Waals surface area contributed by atoms with Crippen LogP contribution >= 0.6 is 0 Å². The molecule has 0 saturated carbocycles. The molecular weight excluding hydrogens is 306 g/mol. The van der Waals surface area contributed by atoms with Crippen molar-refractivity contribution in [3.8, 4) is 11.3 Å². The molecule has 0 spiro atoms. The number of carbonyl (C=O) groups excluding carboxylic acids is 1. The number of anilines is 1. The molecule has 120 valence electrons. The molecule has 0 aliphatic rings. The third-order valence-corrected chi connectivity index (χ3v) is 3.93. The van der Waals surface area contributed by atoms with Gasteiger partial charge in [-0.05, 0) is 12.1 Å². The molecule has 0 saturated heterocycles. The molecule has 0 radical (unpaired) electrons. The van der Waals surface area contributed by atoms with E-state index >= 15 is 0 Å². The van der Waals surface area contributed by atoms with Gasteiger partial charge < -0.3 is 15.6 Å². The zero-order valence-corrected chi connectivity index (χ0v) is 13.2. The number of carbonyl (C=O) groups is 1. The minimum atomic E-state index is -0.467. The van der Waals surface area contributed by atoms with Gasteiger partial charge in [0, 0.05) is 31.3 Å². The van der Waals surface area contributed by atoms with Gasteiger partial charge in [-0.1, -0.05) is 12.1 Å². The Morgan fingerprint density at radius 1 is 1.29 bits per heavy atom. The molecular formula is C16H15N7O. The fourth-order valence-corrected chi connectivity index (χ4v) is 2.76. The van der Waals surface area contributed by atoms with Crippen molar-refractivity contribution < 1.29 is 4.79 Å². The van der Waals surface area contributed by atoms with Crippen molar-refractivity contribution in [2.75, 3.05) is 12.4 Å². The minimum absolute atomic E-state index is 0.444. The summed E-state index contributed by atoms with van der Waals surface area (Å²) in [5.74, 6) is 0.223. The van der Waals surface area contributed by atoms with Gasteiger partial charge in [0.15, 0.2) is 22.6 Å². The summed E-state index contributed by atoms with van der Waals surface area (Å²) in [7, 11) is 3.71. The average molecular weight is 321 g/mol. The van der Waals surface area contributed by atoms with E-state index in [1.165, 1.54) is 0 Å². The molecule has 4 rings (SSSR count). The lowest BCUT2D eigenvalue weighted by Gasteiger charge is -2.03. The number of aromatic nitrogens is 5. The molecule has 0 aliphatic heterocycles. The smallest absolute Gasteiger partial charge is 0.248 e. The number of nitrogens with two attached hydrogens (primary N) is 1. The Hall–Kier alpha value is -3.42. The minimum Gasteiger partial charge on any atom is -0.371 e. The zero-order valence-electron chi connectivity index (χ0n) is 13.2. The Labute approximate surface area is 136 Å². The number of primary amides is 1. The van der Waals surface area contributed by atoms with E-state index in [9.17, 15) is 4.79 Å². The van der Waals surface area contributed by atoms with Gasteiger partial charge in [-0.25, -0.2) is 9.97 Å². The van der Waals surface area contributed by atoms with E-state index < -0.39 is 5.91 Å². The number of imidazole rings is 1. The fourth-order valence-electron chi connectivity index (χ4n) is 2.76. The summed E-state index contributed by atoms with van der Waals surface area (Å²) < 4.78 is 3.64. The lowest BCUT2D eigenvalue weighted by atomic mass is 10.1. The monoisotopic (exact) mass is 321 g/mol. The molecule has 24 heavy (non-hydrogen) atoms. The second-order valence-corrected chi connectivity index (χ2v) is 5.48. The Bertz CT molecular complexity index is 1090. The first kappa shape index (κ1) is 14.2. The highest BCUT2D eigenvalue weighted by Crippen LogP contribution is 2.25. The van der Waals surface area contributed by atoms with Gasteiger partial charge in [0.05, 0.1) is 12.0 Å². The van der Waals surface area contributed by atoms with Crippen molar-refractivity contribution in [2.24, 2.45) is 12.8 Å². The number of nitrogens with one attached hydrogen (secondary N) is 1. The predicted octanol–water partition coefficient (Wildman–Crippen LogP) is 1.42. The van der Waals surface area contributed by atoms with E-state index in [1.807, 2.05) is 23.7 Å². The molecule has 1 amide bonds. The fraction of sp³-hybridized carbons (Fsp3) is 0.125. The van der Waals surface area contributed by atoms with Crippen molar-refractivity contribution in [2.45, 2.75) is 0 Å². The van der Waals surface area contributed by atoms with Crippen LogP contribution < -0.4 is 11.1 Å². The Balaban J connectivity index is 1.99. The number of nitrogens with zero attached hydrogens (tertiary/aromatic N) is 5. The summed E-state index contributed by atoms with van der Waals surface area (Å²) in [6, 6.07) is 8.94. The third kappa shape index (κ3) is 2.00. The number of fused-ring (bicyclic) bond motifs is 3. The highest BCUT2D eigenvalue weighted by Gasteiger charge is 2.15. The molecule has 0 atom stereocenters. The summed E-state index contributed by atoms with van der Waals surface area (Å²) in [5, 5.41) is 7.69. The van der Waals surface area contributed by atoms with Crippen LogP contribution in [0, 0.1) is 0 Å². The average Bonchev–Trinajstić information content (AvgIpc) is 3.17. The van der Waals surface area contributed by atoms with Gasteiger partial charge in [-0.3, -0.25) is 4.79 Å². The first-order valence-corrected chi connectivity index (χ1v) is 7.37. The lowest BCUT2D eigenvalue weighted by molar-refractivity contribution is 0.100. The van der Waals surface area contributed by atoms with Crippen LogP contribution in [0.4, 0.5) is 5.82 Å². The summed E-state index contributed by atoms with van der Waals surface area (Å²) in [4.78, 5) is 20.3. The molecule has 3 heterocycles. The van der Waals surface area contributed by atoms with Gasteiger partial charge in [0.1, 0.15) is 0 Å². The molecule has 3 aromatic heterocycles. The van der Waals surface area contributed by atoms with Crippen LogP contribution in [0.15, 0.2) is 36.7 Å². The highest BCUT2D eigenvalue weighted by atomic mass is 16.1. The van der Waals surface area contributed by atoms with Crippen LogP contribution in [0.1, 0.15) is 10.4 Å². The van der Waals surface area contributed by atoms with Crippen LogP contribution in [-0.2, 0) is 7.05 Å². The molecule has 0 unspecified atom stereocenters. The van der Waals surface area contributed by atoms with Gasteiger partial charge in [-0.15, -0.1) is 0 Å². The van der Waals surface area contributed by atoms with Crippen molar-refractivity contribution in [3.63, 3.8) is 0 Å². The lowest BCUT2D eigenvalue weighted by Crippen LogP contribution is -2.10. The summed E-state index contributed by atoms with van der Waals surface area (Å²) in [6.45, 7) is 0. The SMILES string of the molecule is CNc1nc2cc(-c3cccc(C(N)=O)c3)nn2c2c1ncn2C. The van der Waals surface area contributed by atoms with Crippen LogP contribution in [0.3, 0.4) is 0 Å². The quantitative estimate of drug-likeness (QED) is 0.594. The zero-order chi connectivity index (χ0) is 16.8. The van der Waals surface area contributed by atoms with Gasteiger partial charge in [0.2, 0.25) is 5.91 Å². The van der Waals surface area contributed by atoms with E-state index in [4.69, 9.17) is 5.73 Å². The van der Waals surface area contributed by atoms with E-state index in [1.54, 1.807) is 36.1 Å². The molecule has 8 nitrogen and oxygen atoms in total. The van der Waals surface area contributed by atoms with Crippen molar-refractivity contribution in [3.05, 3.63) is 42.2 Å². The molecule has 0 fully saturated rings. The van der Waals surface area contributed by atoms with Crippen LogP contribution in [0.25, 0.3) is 28.1 Å². The third-order valence-electron chi connectivity index (χ3n) is 3.93. The summed E-state index contributed by atoms with van der Waals surface area (Å²) >= 11 is 0. The predicted molar refractivity (Wildman–Crippen MR) is 90.8 cm³/mol. The number of benzene rings is 1. The maximum atomic E-state index is 11.4. The van der Waals surface area contributed by atoms with Gasteiger partial charge >= 0.3 is 0 Å². The van der Waals surface area contributed by atoms with Gasteiger partial charge in [0.25, 0.3) is 0 Å². The molecule has 0 bridgehead atoms. The van der Waals surface area contributed by atoms with Crippen molar-refractivity contribution in [1.29, 1.82) is 0 Å². The first-order chi connectivity index (χ1) is 11.6. The molecule has 8 heteroatoms. The van der Waals surface area contributed by atoms with Crippen LogP contribution in [-0.4, -0.2) is 37.1 Å². The summed E-state index contributed by atoms with van der Waals surface area (Å²) in [5.41, 5.74) is 9.58. The van der Waals surface area contributed by atoms with E-state index in [0.29, 0.717) is 22.7 Å². The van der Waals surface area contributed by atoms with E-state index in [-0.39, 0.29) is 0 Å². The number of aryl methyl sites for hydroxylation is 1. The van der Waals surface area contributed by atoms with Crippen LogP contribution in [0.5, 0.6) is 0 Å². The second-order valence-electron chi connectivity index (χ2n) is 5.48. The highest BCUT2D eigenvalue weighted by molar-refractivity contribution is 5.94. The van der Waals surface area contributed by atoms with Crippen LogP contribution in [0.2, 0.25) is 0 Å². The maximum Gasteiger partial charge on any atom is 0.248 e.